The number of anilines is 1. The van der Waals surface area contributed by atoms with Crippen LogP contribution in [0.3, 0.4) is 0 Å². The number of nitrogens with zero attached hydrogens (tertiary/aromatic N) is 3. The highest BCUT2D eigenvalue weighted by Crippen LogP contribution is 2.34. The number of rotatable bonds is 5. The van der Waals surface area contributed by atoms with Gasteiger partial charge in [0.1, 0.15) is 5.69 Å². The Morgan fingerprint density at radius 1 is 1.07 bits per heavy atom. The van der Waals surface area contributed by atoms with Crippen LogP contribution >= 0.6 is 0 Å². The van der Waals surface area contributed by atoms with Gasteiger partial charge in [-0.2, -0.15) is 18.3 Å². The van der Waals surface area contributed by atoms with Crippen LogP contribution in [0.15, 0.2) is 67.0 Å². The Labute approximate surface area is 245 Å². The lowest BCUT2D eigenvalue weighted by atomic mass is 9.84. The van der Waals surface area contributed by atoms with Crippen LogP contribution in [0.1, 0.15) is 42.9 Å². The number of hydrogen-bond donors (Lipinski definition) is 4. The van der Waals surface area contributed by atoms with Gasteiger partial charge in [0.2, 0.25) is 0 Å². The second-order valence-corrected chi connectivity index (χ2v) is 11.3. The molecule has 2 aromatic carbocycles. The molecular formula is C31H31F3N6O3. The van der Waals surface area contributed by atoms with Crippen LogP contribution in [-0.4, -0.2) is 61.3 Å². The van der Waals surface area contributed by atoms with Crippen molar-refractivity contribution in [3.8, 4) is 11.1 Å². The average Bonchev–Trinajstić information content (AvgIpc) is 3.62. The zero-order chi connectivity index (χ0) is 30.8. The standard InChI is InChI=1S/C29H30N6O.C2HF3O2/c1-29(2)11-5-13-35(18-29)17-20-6-3-9-25(32-20)28(36)33-26-14-19(15-27-23(26)16-31-34-27)21-7-4-8-24-22(21)10-12-30-24;3-2(4,5)1(6)7/h3-4,6-10,12,14-16,30H,5,11,13,17-18H2,1-2H3,(H,31,34)(H,33,36);(H,6,7). The predicted molar refractivity (Wildman–Crippen MR) is 158 cm³/mol. The van der Waals surface area contributed by atoms with Crippen LogP contribution in [0, 0.1) is 5.41 Å². The highest BCUT2D eigenvalue weighted by atomic mass is 19.4. The summed E-state index contributed by atoms with van der Waals surface area (Å²) in [6, 6.07) is 18.0. The minimum atomic E-state index is -5.08. The number of aliphatic carboxylic acids is 1. The van der Waals surface area contributed by atoms with Crippen molar-refractivity contribution in [1.82, 2.24) is 25.1 Å². The van der Waals surface area contributed by atoms with Crippen LogP contribution in [0.25, 0.3) is 32.9 Å². The third-order valence-corrected chi connectivity index (χ3v) is 7.36. The highest BCUT2D eigenvalue weighted by molar-refractivity contribution is 6.09. The Morgan fingerprint density at radius 2 is 1.84 bits per heavy atom. The summed E-state index contributed by atoms with van der Waals surface area (Å²) in [6.45, 7) is 7.51. The summed E-state index contributed by atoms with van der Waals surface area (Å²) in [5.41, 5.74) is 6.38. The van der Waals surface area contributed by atoms with Gasteiger partial charge in [0, 0.05) is 35.6 Å². The van der Waals surface area contributed by atoms with Crippen molar-refractivity contribution in [2.75, 3.05) is 18.4 Å². The summed E-state index contributed by atoms with van der Waals surface area (Å²) in [4.78, 5) is 32.6. The van der Waals surface area contributed by atoms with Crippen molar-refractivity contribution < 1.29 is 27.9 Å². The van der Waals surface area contributed by atoms with Gasteiger partial charge in [-0.1, -0.05) is 32.0 Å². The maximum atomic E-state index is 13.3. The first-order valence-electron chi connectivity index (χ1n) is 13.7. The molecule has 1 aliphatic heterocycles. The van der Waals surface area contributed by atoms with Crippen LogP contribution in [0.4, 0.5) is 18.9 Å². The number of carboxylic acids is 1. The first kappa shape index (κ1) is 29.8. The van der Waals surface area contributed by atoms with Gasteiger partial charge in [-0.25, -0.2) is 9.78 Å². The number of carboxylic acid groups (broad SMARTS) is 1. The summed E-state index contributed by atoms with van der Waals surface area (Å²) in [6.07, 6.45) is 1.04. The molecule has 1 fully saturated rings. The van der Waals surface area contributed by atoms with Crippen molar-refractivity contribution in [2.45, 2.75) is 39.4 Å². The second kappa shape index (κ2) is 11.9. The number of fused-ring (bicyclic) bond motifs is 2. The number of halogens is 3. The third kappa shape index (κ3) is 7.03. The number of hydrogen-bond acceptors (Lipinski definition) is 5. The van der Waals surface area contributed by atoms with Crippen molar-refractivity contribution in [2.24, 2.45) is 5.41 Å². The molecular weight excluding hydrogens is 561 g/mol. The molecule has 12 heteroatoms. The van der Waals surface area contributed by atoms with E-state index >= 15 is 0 Å². The van der Waals surface area contributed by atoms with Crippen molar-refractivity contribution in [1.29, 1.82) is 0 Å². The average molecular weight is 593 g/mol. The molecule has 1 saturated heterocycles. The third-order valence-electron chi connectivity index (χ3n) is 7.36. The number of carbonyl (C=O) groups is 2. The zero-order valence-electron chi connectivity index (χ0n) is 23.6. The first-order chi connectivity index (χ1) is 20.4. The molecule has 0 radical (unpaired) electrons. The van der Waals surface area contributed by atoms with Crippen LogP contribution in [0.2, 0.25) is 0 Å². The Balaban J connectivity index is 0.000000472. The first-order valence-corrected chi connectivity index (χ1v) is 13.7. The fourth-order valence-corrected chi connectivity index (χ4v) is 5.44. The maximum absolute atomic E-state index is 13.3. The van der Waals surface area contributed by atoms with Gasteiger partial charge in [-0.15, -0.1) is 0 Å². The lowest BCUT2D eigenvalue weighted by molar-refractivity contribution is -0.192. The van der Waals surface area contributed by atoms with Gasteiger partial charge in [-0.3, -0.25) is 14.8 Å². The van der Waals surface area contributed by atoms with Gasteiger partial charge in [0.05, 0.1) is 23.1 Å². The van der Waals surface area contributed by atoms with E-state index in [1.54, 1.807) is 12.3 Å². The molecule has 1 amide bonds. The molecule has 0 spiro atoms. The Hall–Kier alpha value is -4.71. The number of benzene rings is 2. The van der Waals surface area contributed by atoms with Gasteiger partial charge in [0.15, 0.2) is 0 Å². The van der Waals surface area contributed by atoms with Crippen molar-refractivity contribution >= 4 is 39.4 Å². The van der Waals surface area contributed by atoms with Gasteiger partial charge < -0.3 is 15.4 Å². The zero-order valence-corrected chi connectivity index (χ0v) is 23.6. The number of H-pyrrole nitrogens is 2. The minimum absolute atomic E-state index is 0.227. The van der Waals surface area contributed by atoms with E-state index in [9.17, 15) is 18.0 Å². The van der Waals surface area contributed by atoms with E-state index in [0.717, 1.165) is 58.3 Å². The van der Waals surface area contributed by atoms with Crippen LogP contribution in [0.5, 0.6) is 0 Å². The quantitative estimate of drug-likeness (QED) is 0.182. The van der Waals surface area contributed by atoms with Gasteiger partial charge >= 0.3 is 12.1 Å². The number of aromatic nitrogens is 4. The summed E-state index contributed by atoms with van der Waals surface area (Å²) >= 11 is 0. The molecule has 4 heterocycles. The second-order valence-electron chi connectivity index (χ2n) is 11.3. The molecule has 0 saturated carbocycles. The molecule has 4 N–H and O–H groups in total. The van der Waals surface area contributed by atoms with Gasteiger partial charge in [0.25, 0.3) is 5.91 Å². The number of nitrogens with one attached hydrogen (secondary N) is 3. The van der Waals surface area contributed by atoms with E-state index in [4.69, 9.17) is 14.9 Å². The van der Waals surface area contributed by atoms with E-state index in [1.165, 1.54) is 12.8 Å². The number of pyridine rings is 1. The summed E-state index contributed by atoms with van der Waals surface area (Å²) in [7, 11) is 0. The topological polar surface area (TPSA) is 127 Å². The SMILES string of the molecule is CC1(C)CCCN(Cc2cccc(C(=O)Nc3cc(-c4cccc5[nH]ccc45)cc4[nH]ncc34)n2)C1.O=C(O)C(F)(F)F. The predicted octanol–water partition coefficient (Wildman–Crippen LogP) is 6.61. The Bertz CT molecular complexity index is 1780. The molecule has 0 bridgehead atoms. The maximum Gasteiger partial charge on any atom is 0.490 e. The highest BCUT2D eigenvalue weighted by Gasteiger charge is 2.38. The number of amides is 1. The minimum Gasteiger partial charge on any atom is -0.475 e. The molecule has 224 valence electrons. The van der Waals surface area contributed by atoms with E-state index in [0.29, 0.717) is 16.8 Å². The number of alkyl halides is 3. The Morgan fingerprint density at radius 3 is 2.58 bits per heavy atom. The summed E-state index contributed by atoms with van der Waals surface area (Å²) in [5.74, 6) is -2.98. The summed E-state index contributed by atoms with van der Waals surface area (Å²) in [5, 5.41) is 19.5. The lowest BCUT2D eigenvalue weighted by Gasteiger charge is -2.37. The van der Waals surface area contributed by atoms with E-state index < -0.39 is 12.1 Å². The van der Waals surface area contributed by atoms with Gasteiger partial charge in [-0.05, 0) is 72.3 Å². The van der Waals surface area contributed by atoms with E-state index in [-0.39, 0.29) is 5.91 Å². The molecule has 0 unspecified atom stereocenters. The fourth-order valence-electron chi connectivity index (χ4n) is 5.44. The molecule has 9 nitrogen and oxygen atoms in total. The smallest absolute Gasteiger partial charge is 0.475 e. The van der Waals surface area contributed by atoms with Crippen molar-refractivity contribution in [3.05, 3.63) is 78.4 Å². The number of aromatic amines is 2. The lowest BCUT2D eigenvalue weighted by Crippen LogP contribution is -2.39. The van der Waals surface area contributed by atoms with Crippen molar-refractivity contribution in [3.63, 3.8) is 0 Å². The monoisotopic (exact) mass is 592 g/mol. The number of piperidine rings is 1. The summed E-state index contributed by atoms with van der Waals surface area (Å²) < 4.78 is 31.7. The molecule has 6 rings (SSSR count). The Kier molecular flexibility index (Phi) is 8.23. The largest absolute Gasteiger partial charge is 0.490 e. The molecule has 5 aromatic rings. The number of carbonyl (C=O) groups excluding carboxylic acids is 1. The number of likely N-dealkylation sites (tertiary alicyclic amines) is 1. The molecule has 3 aromatic heterocycles. The molecule has 0 aliphatic carbocycles. The molecule has 43 heavy (non-hydrogen) atoms. The molecule has 1 aliphatic rings. The van der Waals surface area contributed by atoms with E-state index in [2.05, 4.69) is 63.5 Å². The van der Waals surface area contributed by atoms with Crippen LogP contribution < -0.4 is 5.32 Å². The normalized spacial score (nSPS) is 15.2. The van der Waals surface area contributed by atoms with Crippen LogP contribution in [-0.2, 0) is 11.3 Å². The fraction of sp³-hybridized carbons (Fsp3) is 0.290. The van der Waals surface area contributed by atoms with E-state index in [1.807, 2.05) is 30.5 Å². The molecule has 0 atom stereocenters.